The van der Waals surface area contributed by atoms with Crippen molar-refractivity contribution in [2.75, 3.05) is 0 Å². The largest absolute Gasteiger partial charge is 0.507 e. The molecule has 0 unspecified atom stereocenters. The van der Waals surface area contributed by atoms with Crippen LogP contribution in [0.2, 0.25) is 5.02 Å². The first-order valence-corrected chi connectivity index (χ1v) is 10.9. The number of nitrogens with zero attached hydrogens (tertiary/aromatic N) is 3. The van der Waals surface area contributed by atoms with Gasteiger partial charge < -0.3 is 10.4 Å². The quantitative estimate of drug-likeness (QED) is 0.324. The maximum absolute atomic E-state index is 12.4. The molecule has 1 aliphatic rings. The molecule has 1 saturated heterocycles. The van der Waals surface area contributed by atoms with Crippen molar-refractivity contribution < 1.29 is 9.90 Å². The summed E-state index contributed by atoms with van der Waals surface area (Å²) in [5, 5.41) is 22.4. The second-order valence-corrected chi connectivity index (χ2v) is 8.58. The Balaban J connectivity index is 1.57. The number of amidine groups is 1. The molecule has 0 atom stereocenters. The maximum Gasteiger partial charge on any atom is 0.264 e. The average Bonchev–Trinajstić information content (AvgIpc) is 3.11. The summed E-state index contributed by atoms with van der Waals surface area (Å²) in [4.78, 5) is 17.2. The normalized spacial score (nSPS) is 16.3. The maximum atomic E-state index is 12.4. The van der Waals surface area contributed by atoms with E-state index in [4.69, 9.17) is 11.6 Å². The lowest BCUT2D eigenvalue weighted by molar-refractivity contribution is -0.115. The molecule has 1 fully saturated rings. The highest BCUT2D eigenvalue weighted by molar-refractivity contribution is 8.18. The number of nitrogens with one attached hydrogen (secondary N) is 1. The van der Waals surface area contributed by atoms with Crippen molar-refractivity contribution in [3.8, 4) is 5.75 Å². The number of hydrogen-bond donors (Lipinski definition) is 2. The van der Waals surface area contributed by atoms with Gasteiger partial charge >= 0.3 is 0 Å². The highest BCUT2D eigenvalue weighted by atomic mass is 35.5. The molecular formula is C24H19ClN4O2S. The van der Waals surface area contributed by atoms with Crippen molar-refractivity contribution in [2.24, 2.45) is 15.2 Å². The summed E-state index contributed by atoms with van der Waals surface area (Å²) in [5.74, 6) is -0.269. The number of rotatable bonds is 4. The third-order valence-electron chi connectivity index (χ3n) is 4.79. The van der Waals surface area contributed by atoms with Crippen LogP contribution in [0.1, 0.15) is 16.7 Å². The average molecular weight is 463 g/mol. The molecule has 3 aromatic carbocycles. The number of phenols is 1. The zero-order valence-electron chi connectivity index (χ0n) is 17.3. The number of aliphatic imine (C=N–C) groups is 1. The standard InChI is InChI=1S/C24H19ClN4O2S/c1-14-7-8-17(11-15(14)2)28-29-18-9-10-21(30)16(12-18)13-22-23(31)27-24(32-22)26-20-6-4-3-5-19(20)25/h3-13,30H,1-2H3,(H,26,27,31)/b22-13-,29-28?. The summed E-state index contributed by atoms with van der Waals surface area (Å²) in [7, 11) is 0. The molecule has 2 N–H and O–H groups in total. The van der Waals surface area contributed by atoms with Gasteiger partial charge in [0.1, 0.15) is 5.75 Å². The summed E-state index contributed by atoms with van der Waals surface area (Å²) in [6, 6.07) is 17.8. The first-order chi connectivity index (χ1) is 15.4. The van der Waals surface area contributed by atoms with Crippen molar-refractivity contribution in [3.63, 3.8) is 0 Å². The Morgan fingerprint density at radius 2 is 1.69 bits per heavy atom. The van der Waals surface area contributed by atoms with E-state index < -0.39 is 0 Å². The number of benzene rings is 3. The molecule has 3 aromatic rings. The van der Waals surface area contributed by atoms with Crippen LogP contribution < -0.4 is 5.32 Å². The van der Waals surface area contributed by atoms with E-state index in [9.17, 15) is 9.90 Å². The van der Waals surface area contributed by atoms with Crippen LogP contribution in [0.25, 0.3) is 6.08 Å². The fraction of sp³-hybridized carbons (Fsp3) is 0.0833. The number of halogens is 1. The molecule has 0 aliphatic carbocycles. The van der Waals surface area contributed by atoms with Crippen molar-refractivity contribution >= 4 is 57.6 Å². The van der Waals surface area contributed by atoms with E-state index in [1.165, 1.54) is 23.4 Å². The number of thioether (sulfide) groups is 1. The van der Waals surface area contributed by atoms with E-state index in [1.807, 2.05) is 44.2 Å². The van der Waals surface area contributed by atoms with Gasteiger partial charge in [0.25, 0.3) is 5.91 Å². The lowest BCUT2D eigenvalue weighted by atomic mass is 10.1. The van der Waals surface area contributed by atoms with Gasteiger partial charge in [-0.05, 0) is 85.3 Å². The zero-order chi connectivity index (χ0) is 22.7. The van der Waals surface area contributed by atoms with Gasteiger partial charge in [-0.1, -0.05) is 29.8 Å². The molecule has 1 heterocycles. The molecule has 8 heteroatoms. The first-order valence-electron chi connectivity index (χ1n) is 9.75. The van der Waals surface area contributed by atoms with Gasteiger partial charge in [-0.2, -0.15) is 10.2 Å². The van der Waals surface area contributed by atoms with Crippen LogP contribution >= 0.6 is 23.4 Å². The fourth-order valence-corrected chi connectivity index (χ4v) is 3.90. The van der Waals surface area contributed by atoms with Gasteiger partial charge in [-0.25, -0.2) is 4.99 Å². The third kappa shape index (κ3) is 5.07. The van der Waals surface area contributed by atoms with Crippen LogP contribution in [0.5, 0.6) is 5.75 Å². The Morgan fingerprint density at radius 1 is 0.969 bits per heavy atom. The smallest absolute Gasteiger partial charge is 0.264 e. The van der Waals surface area contributed by atoms with Gasteiger partial charge in [0.15, 0.2) is 5.17 Å². The van der Waals surface area contributed by atoms with Gasteiger partial charge in [0.2, 0.25) is 0 Å². The van der Waals surface area contributed by atoms with E-state index in [1.54, 1.807) is 30.3 Å². The molecule has 4 rings (SSSR count). The van der Waals surface area contributed by atoms with Crippen LogP contribution in [0.15, 0.2) is 80.8 Å². The van der Waals surface area contributed by atoms with Crippen LogP contribution in [-0.2, 0) is 4.79 Å². The number of carbonyl (C=O) groups excluding carboxylic acids is 1. The van der Waals surface area contributed by atoms with Gasteiger partial charge in [0.05, 0.1) is 27.0 Å². The lowest BCUT2D eigenvalue weighted by Crippen LogP contribution is -2.19. The molecular weight excluding hydrogens is 444 g/mol. The van der Waals surface area contributed by atoms with Crippen molar-refractivity contribution in [3.05, 3.63) is 87.3 Å². The Hall–Kier alpha value is -3.42. The Bertz CT molecular complexity index is 1300. The molecule has 0 radical (unpaired) electrons. The topological polar surface area (TPSA) is 86.4 Å². The number of hydrogen-bond acceptors (Lipinski definition) is 6. The molecule has 0 bridgehead atoms. The van der Waals surface area contributed by atoms with Crippen LogP contribution in [-0.4, -0.2) is 16.2 Å². The Kier molecular flexibility index (Phi) is 6.39. The minimum atomic E-state index is -0.303. The van der Waals surface area contributed by atoms with Crippen LogP contribution in [0.4, 0.5) is 17.1 Å². The van der Waals surface area contributed by atoms with Crippen molar-refractivity contribution in [1.29, 1.82) is 0 Å². The van der Waals surface area contributed by atoms with E-state index in [0.717, 1.165) is 11.3 Å². The second-order valence-electron chi connectivity index (χ2n) is 7.14. The summed E-state index contributed by atoms with van der Waals surface area (Å²) in [5.41, 5.74) is 4.64. The zero-order valence-corrected chi connectivity index (χ0v) is 18.9. The molecule has 0 spiro atoms. The van der Waals surface area contributed by atoms with E-state index in [2.05, 4.69) is 20.5 Å². The number of phenolic OH excluding ortho intramolecular Hbond substituents is 1. The van der Waals surface area contributed by atoms with E-state index >= 15 is 0 Å². The molecule has 160 valence electrons. The molecule has 0 aromatic heterocycles. The van der Waals surface area contributed by atoms with Crippen LogP contribution in [0, 0.1) is 13.8 Å². The predicted molar refractivity (Wildman–Crippen MR) is 130 cm³/mol. The summed E-state index contributed by atoms with van der Waals surface area (Å²) in [6.07, 6.45) is 1.60. The van der Waals surface area contributed by atoms with Crippen molar-refractivity contribution in [2.45, 2.75) is 13.8 Å². The highest BCUT2D eigenvalue weighted by Crippen LogP contribution is 2.33. The lowest BCUT2D eigenvalue weighted by Gasteiger charge is -2.02. The Labute approximate surface area is 194 Å². The number of para-hydroxylation sites is 1. The van der Waals surface area contributed by atoms with Gasteiger partial charge in [0, 0.05) is 5.56 Å². The number of carbonyl (C=O) groups is 1. The number of azo groups is 1. The summed E-state index contributed by atoms with van der Waals surface area (Å²) in [6.45, 7) is 4.06. The molecule has 32 heavy (non-hydrogen) atoms. The molecule has 1 aliphatic heterocycles. The number of amides is 1. The van der Waals surface area contributed by atoms with E-state index in [-0.39, 0.29) is 11.7 Å². The molecule has 6 nitrogen and oxygen atoms in total. The minimum absolute atomic E-state index is 0.0347. The Morgan fingerprint density at radius 3 is 2.44 bits per heavy atom. The SMILES string of the molecule is Cc1ccc(N=Nc2ccc(O)c(/C=C3\SC(=Nc4ccccc4Cl)NC3=O)c2)cc1C. The monoisotopic (exact) mass is 462 g/mol. The first kappa shape index (κ1) is 21.8. The number of aromatic hydroxyl groups is 1. The highest BCUT2D eigenvalue weighted by Gasteiger charge is 2.24. The summed E-state index contributed by atoms with van der Waals surface area (Å²) < 4.78 is 0. The van der Waals surface area contributed by atoms with Gasteiger partial charge in [-0.15, -0.1) is 0 Å². The van der Waals surface area contributed by atoms with Gasteiger partial charge in [-0.3, -0.25) is 4.79 Å². The van der Waals surface area contributed by atoms with Crippen molar-refractivity contribution in [1.82, 2.24) is 5.32 Å². The predicted octanol–water partition coefficient (Wildman–Crippen LogP) is 6.97. The van der Waals surface area contributed by atoms with E-state index in [0.29, 0.717) is 32.0 Å². The summed E-state index contributed by atoms with van der Waals surface area (Å²) >= 11 is 7.31. The second kappa shape index (κ2) is 9.38. The van der Waals surface area contributed by atoms with Crippen LogP contribution in [0.3, 0.4) is 0 Å². The minimum Gasteiger partial charge on any atom is -0.507 e. The fourth-order valence-electron chi connectivity index (χ4n) is 2.90. The molecule has 0 saturated carbocycles. The number of aryl methyl sites for hydroxylation is 2. The third-order valence-corrected chi connectivity index (χ3v) is 6.02. The molecule has 1 amide bonds.